The summed E-state index contributed by atoms with van der Waals surface area (Å²) in [5.41, 5.74) is 2.77. The van der Waals surface area contributed by atoms with Crippen LogP contribution in [0.15, 0.2) is 35.2 Å². The Morgan fingerprint density at radius 3 is 2.87 bits per heavy atom. The highest BCUT2D eigenvalue weighted by Crippen LogP contribution is 2.31. The molecule has 30 heavy (non-hydrogen) atoms. The third kappa shape index (κ3) is 5.30. The van der Waals surface area contributed by atoms with Crippen molar-refractivity contribution in [2.45, 2.75) is 39.5 Å². The Bertz CT molecular complexity index is 1000. The van der Waals surface area contributed by atoms with Gasteiger partial charge in [0.25, 0.3) is 5.91 Å². The number of hydrogen-bond acceptors (Lipinski definition) is 5. The number of hydrogen-bond donors (Lipinski definition) is 2. The molecule has 160 valence electrons. The van der Waals surface area contributed by atoms with Crippen LogP contribution in [0.3, 0.4) is 0 Å². The van der Waals surface area contributed by atoms with Gasteiger partial charge in [0.1, 0.15) is 23.5 Å². The number of fused-ring (bicyclic) bond motifs is 1. The largest absolute Gasteiger partial charge is 0.483 e. The van der Waals surface area contributed by atoms with Gasteiger partial charge in [-0.1, -0.05) is 26.7 Å². The van der Waals surface area contributed by atoms with Crippen molar-refractivity contribution in [3.63, 3.8) is 0 Å². The van der Waals surface area contributed by atoms with Crippen LogP contribution in [0.1, 0.15) is 38.7 Å². The maximum Gasteiger partial charge on any atom is 0.260 e. The van der Waals surface area contributed by atoms with Crippen LogP contribution in [0.25, 0.3) is 11.0 Å². The molecule has 0 radical (unpaired) electrons. The van der Waals surface area contributed by atoms with Gasteiger partial charge < -0.3 is 19.9 Å². The minimum Gasteiger partial charge on any atom is -0.483 e. The van der Waals surface area contributed by atoms with E-state index in [1.54, 1.807) is 4.90 Å². The van der Waals surface area contributed by atoms with E-state index in [1.165, 1.54) is 6.33 Å². The van der Waals surface area contributed by atoms with Crippen molar-refractivity contribution in [3.8, 4) is 5.75 Å². The van der Waals surface area contributed by atoms with Crippen molar-refractivity contribution in [2.75, 3.05) is 25.5 Å². The van der Waals surface area contributed by atoms with Crippen LogP contribution in [0.2, 0.25) is 0 Å². The number of carbonyl (C=O) groups is 1. The third-order valence-electron chi connectivity index (χ3n) is 5.00. The summed E-state index contributed by atoms with van der Waals surface area (Å²) in [7, 11) is 1.82. The number of aromatic amines is 1. The number of nitrogens with zero attached hydrogens (tertiary/aromatic N) is 3. The first kappa shape index (κ1) is 22.1. The number of benzene rings is 1. The van der Waals surface area contributed by atoms with Gasteiger partial charge in [-0.25, -0.2) is 9.97 Å². The molecule has 0 saturated carbocycles. The van der Waals surface area contributed by atoms with Gasteiger partial charge in [0.15, 0.2) is 6.61 Å². The predicted octanol–water partition coefficient (Wildman–Crippen LogP) is 5.05. The number of H-pyrrole nitrogens is 1. The predicted molar refractivity (Wildman–Crippen MR) is 123 cm³/mol. The summed E-state index contributed by atoms with van der Waals surface area (Å²) < 4.78 is 6.59. The topological polar surface area (TPSA) is 83.1 Å². The summed E-state index contributed by atoms with van der Waals surface area (Å²) in [6.45, 7) is 5.00. The van der Waals surface area contributed by atoms with E-state index in [-0.39, 0.29) is 12.5 Å². The number of halogens is 1. The highest BCUT2D eigenvalue weighted by Gasteiger charge is 2.13. The van der Waals surface area contributed by atoms with Gasteiger partial charge >= 0.3 is 0 Å². The van der Waals surface area contributed by atoms with Gasteiger partial charge in [-0.3, -0.25) is 4.79 Å². The second kappa shape index (κ2) is 10.4. The molecule has 3 rings (SSSR count). The van der Waals surface area contributed by atoms with Gasteiger partial charge in [-0.15, -0.1) is 0 Å². The van der Waals surface area contributed by atoms with E-state index < -0.39 is 0 Å². The molecular weight excluding hydrogens is 446 g/mol. The molecule has 2 N–H and O–H groups in total. The monoisotopic (exact) mass is 473 g/mol. The number of unbranched alkanes of at least 4 members (excludes halogenated alkanes) is 2. The lowest BCUT2D eigenvalue weighted by molar-refractivity contribution is -0.132. The molecule has 2 heterocycles. The molecule has 1 aromatic carbocycles. The number of likely N-dealkylation sites (N-methyl/N-ethyl adjacent to an activating group) is 1. The first-order valence-corrected chi connectivity index (χ1v) is 11.1. The summed E-state index contributed by atoms with van der Waals surface area (Å²) in [4.78, 5) is 25.9. The van der Waals surface area contributed by atoms with Crippen LogP contribution in [-0.4, -0.2) is 46.0 Å². The van der Waals surface area contributed by atoms with Crippen molar-refractivity contribution in [1.29, 1.82) is 0 Å². The van der Waals surface area contributed by atoms with Crippen molar-refractivity contribution in [1.82, 2.24) is 19.9 Å². The number of ether oxygens (including phenoxy) is 1. The van der Waals surface area contributed by atoms with E-state index in [0.717, 1.165) is 64.8 Å². The molecule has 0 bridgehead atoms. The Morgan fingerprint density at radius 1 is 1.27 bits per heavy atom. The molecule has 0 unspecified atom stereocenters. The smallest absolute Gasteiger partial charge is 0.260 e. The zero-order valence-corrected chi connectivity index (χ0v) is 19.3. The standard InChI is InChI=1S/C22H28BrN5O2/c1-4-6-7-10-28(3)19(29)13-30-18-11-16(8-9-17(18)23)27-22-20-15(5-2)12-24-21(20)25-14-26-22/h8-9,11-12,14H,4-7,10,13H2,1-3H3,(H2,24,25,26,27). The van der Waals surface area contributed by atoms with Crippen molar-refractivity contribution in [2.24, 2.45) is 0 Å². The minimum absolute atomic E-state index is 0.000222. The Labute approximate surface area is 185 Å². The lowest BCUT2D eigenvalue weighted by Gasteiger charge is -2.18. The molecular formula is C22H28BrN5O2. The summed E-state index contributed by atoms with van der Waals surface area (Å²) in [6, 6.07) is 5.69. The highest BCUT2D eigenvalue weighted by molar-refractivity contribution is 9.10. The molecule has 0 aliphatic heterocycles. The fraction of sp³-hybridized carbons (Fsp3) is 0.409. The average Bonchev–Trinajstić information content (AvgIpc) is 3.18. The third-order valence-corrected chi connectivity index (χ3v) is 5.66. The molecule has 0 atom stereocenters. The number of carbonyl (C=O) groups excluding carboxylic acids is 1. The summed E-state index contributed by atoms with van der Waals surface area (Å²) >= 11 is 3.50. The minimum atomic E-state index is -0.0335. The number of anilines is 2. The van der Waals surface area contributed by atoms with Gasteiger partial charge in [0, 0.05) is 31.5 Å². The SMILES string of the molecule is CCCCCN(C)C(=O)COc1cc(Nc2ncnc3[nH]cc(CC)c23)ccc1Br. The molecule has 2 aromatic heterocycles. The van der Waals surface area contributed by atoms with Crippen LogP contribution in [0.5, 0.6) is 5.75 Å². The number of aromatic nitrogens is 3. The summed E-state index contributed by atoms with van der Waals surface area (Å²) in [5, 5.41) is 4.33. The maximum atomic E-state index is 12.3. The van der Waals surface area contributed by atoms with Crippen LogP contribution >= 0.6 is 15.9 Å². The van der Waals surface area contributed by atoms with Crippen molar-refractivity contribution >= 4 is 44.4 Å². The Morgan fingerprint density at radius 2 is 2.10 bits per heavy atom. The van der Waals surface area contributed by atoms with Crippen molar-refractivity contribution in [3.05, 3.63) is 40.8 Å². The van der Waals surface area contributed by atoms with E-state index in [9.17, 15) is 4.79 Å². The molecule has 1 amide bonds. The van der Waals surface area contributed by atoms with Crippen LogP contribution in [-0.2, 0) is 11.2 Å². The molecule has 3 aromatic rings. The Hall–Kier alpha value is -2.61. The lowest BCUT2D eigenvalue weighted by Crippen LogP contribution is -2.32. The average molecular weight is 474 g/mol. The number of rotatable bonds is 10. The molecule has 8 heteroatoms. The van der Waals surface area contributed by atoms with E-state index in [2.05, 4.69) is 50.0 Å². The molecule has 0 fully saturated rings. The molecule has 7 nitrogen and oxygen atoms in total. The Kier molecular flexibility index (Phi) is 7.68. The van der Waals surface area contributed by atoms with Crippen molar-refractivity contribution < 1.29 is 9.53 Å². The molecule has 0 spiro atoms. The van der Waals surface area contributed by atoms with E-state index in [0.29, 0.717) is 5.75 Å². The zero-order chi connectivity index (χ0) is 21.5. The fourth-order valence-corrected chi connectivity index (χ4v) is 3.56. The molecule has 0 aliphatic rings. The quantitative estimate of drug-likeness (QED) is 0.402. The number of nitrogens with one attached hydrogen (secondary N) is 2. The van der Waals surface area contributed by atoms with Gasteiger partial charge in [-0.2, -0.15) is 0 Å². The first-order valence-electron chi connectivity index (χ1n) is 10.3. The van der Waals surface area contributed by atoms with Crippen LogP contribution < -0.4 is 10.1 Å². The maximum absolute atomic E-state index is 12.3. The second-order valence-electron chi connectivity index (χ2n) is 7.19. The number of amides is 1. The van der Waals surface area contributed by atoms with Crippen LogP contribution in [0.4, 0.5) is 11.5 Å². The van der Waals surface area contributed by atoms with Crippen LogP contribution in [0, 0.1) is 0 Å². The normalized spacial score (nSPS) is 10.9. The second-order valence-corrected chi connectivity index (χ2v) is 8.05. The van der Waals surface area contributed by atoms with E-state index >= 15 is 0 Å². The van der Waals surface area contributed by atoms with Gasteiger partial charge in [0.2, 0.25) is 0 Å². The number of aryl methyl sites for hydroxylation is 1. The first-order chi connectivity index (χ1) is 14.5. The molecule has 0 aliphatic carbocycles. The highest BCUT2D eigenvalue weighted by atomic mass is 79.9. The lowest BCUT2D eigenvalue weighted by atomic mass is 10.2. The van der Waals surface area contributed by atoms with Gasteiger partial charge in [-0.05, 0) is 46.5 Å². The summed E-state index contributed by atoms with van der Waals surface area (Å²) in [6.07, 6.45) is 7.63. The Balaban J connectivity index is 1.70. The van der Waals surface area contributed by atoms with E-state index in [4.69, 9.17) is 4.74 Å². The fourth-order valence-electron chi connectivity index (χ4n) is 3.20. The molecule has 0 saturated heterocycles. The summed E-state index contributed by atoms with van der Waals surface area (Å²) in [5.74, 6) is 1.30. The van der Waals surface area contributed by atoms with Gasteiger partial charge in [0.05, 0.1) is 9.86 Å². The zero-order valence-electron chi connectivity index (χ0n) is 17.7. The van der Waals surface area contributed by atoms with E-state index in [1.807, 2.05) is 31.4 Å².